The van der Waals surface area contributed by atoms with Gasteiger partial charge < -0.3 is 16.4 Å². The number of benzene rings is 1. The largest absolute Gasteiger partial charge is 0.371 e. The highest BCUT2D eigenvalue weighted by Crippen LogP contribution is 2.29. The molecular weight excluding hydrogens is 272 g/mol. The van der Waals surface area contributed by atoms with Crippen LogP contribution < -0.4 is 16.4 Å². The number of anilines is 1. The summed E-state index contributed by atoms with van der Waals surface area (Å²) in [7, 11) is 0. The second kappa shape index (κ2) is 6.09. The van der Waals surface area contributed by atoms with Gasteiger partial charge in [-0.3, -0.25) is 14.9 Å². The molecule has 1 fully saturated rings. The minimum Gasteiger partial charge on any atom is -0.371 e. The number of rotatable bonds is 4. The number of carbonyl (C=O) groups excluding carboxylic acids is 1. The molecule has 114 valence electrons. The van der Waals surface area contributed by atoms with Crippen LogP contribution in [-0.2, 0) is 0 Å². The number of hydrogen-bond donors (Lipinski definition) is 2. The van der Waals surface area contributed by atoms with E-state index in [0.717, 1.165) is 25.9 Å². The molecule has 0 saturated carbocycles. The maximum Gasteiger partial charge on any atom is 0.270 e. The third-order valence-corrected chi connectivity index (χ3v) is 4.00. The average Bonchev–Trinajstić information content (AvgIpc) is 2.46. The topological polar surface area (TPSA) is 115 Å². The van der Waals surface area contributed by atoms with E-state index < -0.39 is 10.8 Å². The van der Waals surface area contributed by atoms with Crippen molar-refractivity contribution < 1.29 is 9.72 Å². The Morgan fingerprint density at radius 1 is 1.52 bits per heavy atom. The zero-order chi connectivity index (χ0) is 15.6. The highest BCUT2D eigenvalue weighted by atomic mass is 16.6. The first kappa shape index (κ1) is 15.2. The molecule has 1 amide bonds. The number of hydrogen-bond acceptors (Lipinski definition) is 5. The van der Waals surface area contributed by atoms with Gasteiger partial charge in [0, 0.05) is 31.3 Å². The smallest absolute Gasteiger partial charge is 0.270 e. The third kappa shape index (κ3) is 3.30. The lowest BCUT2D eigenvalue weighted by Gasteiger charge is -2.36. The lowest BCUT2D eigenvalue weighted by Crippen LogP contribution is -2.43. The standard InChI is InChI=1S/C14H20N4O3/c1-9(15)10-3-2-6-17(8-10)13-5-4-11(18(20)21)7-12(13)14(16)19/h4-5,7,9-10H,2-3,6,8,15H2,1H3,(H2,16,19). The van der Waals surface area contributed by atoms with Crippen LogP contribution in [0, 0.1) is 16.0 Å². The van der Waals surface area contributed by atoms with E-state index in [1.807, 2.05) is 11.8 Å². The molecule has 2 atom stereocenters. The van der Waals surface area contributed by atoms with Gasteiger partial charge in [-0.25, -0.2) is 0 Å². The van der Waals surface area contributed by atoms with E-state index in [2.05, 4.69) is 0 Å². The zero-order valence-electron chi connectivity index (χ0n) is 12.0. The summed E-state index contributed by atoms with van der Waals surface area (Å²) >= 11 is 0. The van der Waals surface area contributed by atoms with Crippen LogP contribution in [0.4, 0.5) is 11.4 Å². The van der Waals surface area contributed by atoms with Gasteiger partial charge in [0.25, 0.3) is 11.6 Å². The number of non-ortho nitro benzene ring substituents is 1. The van der Waals surface area contributed by atoms with Gasteiger partial charge in [0.2, 0.25) is 0 Å². The second-order valence-electron chi connectivity index (χ2n) is 5.53. The van der Waals surface area contributed by atoms with Gasteiger partial charge in [-0.1, -0.05) is 0 Å². The fourth-order valence-electron chi connectivity index (χ4n) is 2.77. The summed E-state index contributed by atoms with van der Waals surface area (Å²) in [6, 6.07) is 4.31. The number of amides is 1. The zero-order valence-corrected chi connectivity index (χ0v) is 12.0. The lowest BCUT2D eigenvalue weighted by atomic mass is 9.91. The monoisotopic (exact) mass is 292 g/mol. The van der Waals surface area contributed by atoms with Gasteiger partial charge in [-0.15, -0.1) is 0 Å². The van der Waals surface area contributed by atoms with E-state index in [1.165, 1.54) is 12.1 Å². The van der Waals surface area contributed by atoms with Crippen LogP contribution in [0.5, 0.6) is 0 Å². The normalized spacial score (nSPS) is 20.1. The molecule has 21 heavy (non-hydrogen) atoms. The number of primary amides is 1. The predicted octanol–water partition coefficient (Wildman–Crippen LogP) is 1.26. The summed E-state index contributed by atoms with van der Waals surface area (Å²) in [6.45, 7) is 3.50. The van der Waals surface area contributed by atoms with Crippen molar-refractivity contribution in [3.8, 4) is 0 Å². The number of carbonyl (C=O) groups is 1. The summed E-state index contributed by atoms with van der Waals surface area (Å²) < 4.78 is 0. The number of nitrogens with two attached hydrogens (primary N) is 2. The Morgan fingerprint density at radius 3 is 2.81 bits per heavy atom. The van der Waals surface area contributed by atoms with Gasteiger partial charge in [0.15, 0.2) is 0 Å². The van der Waals surface area contributed by atoms with E-state index >= 15 is 0 Å². The number of nitrogens with zero attached hydrogens (tertiary/aromatic N) is 2. The molecule has 0 spiro atoms. The average molecular weight is 292 g/mol. The van der Waals surface area contributed by atoms with Crippen LogP contribution in [0.3, 0.4) is 0 Å². The fraction of sp³-hybridized carbons (Fsp3) is 0.500. The molecule has 7 nitrogen and oxygen atoms in total. The molecule has 1 aliphatic heterocycles. The lowest BCUT2D eigenvalue weighted by molar-refractivity contribution is -0.384. The first-order chi connectivity index (χ1) is 9.90. The predicted molar refractivity (Wildman–Crippen MR) is 80.2 cm³/mol. The van der Waals surface area contributed by atoms with Crippen molar-refractivity contribution in [1.82, 2.24) is 0 Å². The molecule has 1 saturated heterocycles. The molecule has 1 aliphatic rings. The van der Waals surface area contributed by atoms with Crippen LogP contribution in [0.25, 0.3) is 0 Å². The molecule has 1 aromatic rings. The molecule has 7 heteroatoms. The Labute approximate surface area is 123 Å². The van der Waals surface area contributed by atoms with Crippen LogP contribution in [-0.4, -0.2) is 30.0 Å². The van der Waals surface area contributed by atoms with Crippen molar-refractivity contribution in [1.29, 1.82) is 0 Å². The Morgan fingerprint density at radius 2 is 2.24 bits per heavy atom. The SMILES string of the molecule is CC(N)C1CCCN(c2ccc([N+](=O)[O-])cc2C(N)=O)C1. The van der Waals surface area contributed by atoms with Crippen LogP contribution in [0.1, 0.15) is 30.1 Å². The molecule has 2 unspecified atom stereocenters. The van der Waals surface area contributed by atoms with Crippen molar-refractivity contribution in [2.24, 2.45) is 17.4 Å². The number of nitro groups is 1. The van der Waals surface area contributed by atoms with Crippen molar-refractivity contribution in [2.75, 3.05) is 18.0 Å². The highest BCUT2D eigenvalue weighted by molar-refractivity contribution is 5.99. The van der Waals surface area contributed by atoms with E-state index in [4.69, 9.17) is 11.5 Å². The van der Waals surface area contributed by atoms with Crippen LogP contribution >= 0.6 is 0 Å². The van der Waals surface area contributed by atoms with Gasteiger partial charge in [-0.2, -0.15) is 0 Å². The minimum atomic E-state index is -0.656. The van der Waals surface area contributed by atoms with E-state index in [1.54, 1.807) is 6.07 Å². The summed E-state index contributed by atoms with van der Waals surface area (Å²) in [4.78, 5) is 23.9. The molecule has 2 rings (SSSR count). The first-order valence-electron chi connectivity index (χ1n) is 6.99. The van der Waals surface area contributed by atoms with Crippen molar-refractivity contribution >= 4 is 17.3 Å². The minimum absolute atomic E-state index is 0.0721. The van der Waals surface area contributed by atoms with Gasteiger partial charge in [0.1, 0.15) is 0 Å². The fourth-order valence-corrected chi connectivity index (χ4v) is 2.77. The Balaban J connectivity index is 2.34. The maximum atomic E-state index is 11.6. The van der Waals surface area contributed by atoms with E-state index in [-0.39, 0.29) is 17.3 Å². The summed E-state index contributed by atoms with van der Waals surface area (Å²) in [5.74, 6) is -0.314. The van der Waals surface area contributed by atoms with Crippen molar-refractivity contribution in [3.63, 3.8) is 0 Å². The highest BCUT2D eigenvalue weighted by Gasteiger charge is 2.26. The Kier molecular flexibility index (Phi) is 4.42. The summed E-state index contributed by atoms with van der Waals surface area (Å²) in [6.07, 6.45) is 2.02. The molecule has 1 heterocycles. The van der Waals surface area contributed by atoms with Gasteiger partial charge >= 0.3 is 0 Å². The molecule has 0 aliphatic carbocycles. The Hall–Kier alpha value is -2.15. The van der Waals surface area contributed by atoms with Crippen LogP contribution in [0.2, 0.25) is 0 Å². The molecule has 0 aromatic heterocycles. The summed E-state index contributed by atoms with van der Waals surface area (Å²) in [5, 5.41) is 10.8. The molecular formula is C14H20N4O3. The van der Waals surface area contributed by atoms with Gasteiger partial charge in [-0.05, 0) is 31.7 Å². The maximum absolute atomic E-state index is 11.6. The number of nitro benzene ring substituents is 1. The first-order valence-corrected chi connectivity index (χ1v) is 6.99. The quantitative estimate of drug-likeness (QED) is 0.640. The summed E-state index contributed by atoms with van der Waals surface area (Å²) in [5.41, 5.74) is 12.0. The van der Waals surface area contributed by atoms with Crippen molar-refractivity contribution in [3.05, 3.63) is 33.9 Å². The third-order valence-electron chi connectivity index (χ3n) is 4.00. The second-order valence-corrected chi connectivity index (χ2v) is 5.53. The molecule has 1 aromatic carbocycles. The van der Waals surface area contributed by atoms with Crippen LogP contribution in [0.15, 0.2) is 18.2 Å². The number of piperidine rings is 1. The molecule has 0 bridgehead atoms. The molecule has 4 N–H and O–H groups in total. The molecule has 0 radical (unpaired) electrons. The van der Waals surface area contributed by atoms with E-state index in [0.29, 0.717) is 11.6 Å². The van der Waals surface area contributed by atoms with E-state index in [9.17, 15) is 14.9 Å². The van der Waals surface area contributed by atoms with Crippen molar-refractivity contribution in [2.45, 2.75) is 25.8 Å². The Bertz CT molecular complexity index is 559. The van der Waals surface area contributed by atoms with Gasteiger partial charge in [0.05, 0.1) is 16.2 Å².